The molecule has 0 aliphatic rings. The van der Waals surface area contributed by atoms with Crippen LogP contribution < -0.4 is 5.32 Å². The molecule has 9 heteroatoms. The van der Waals surface area contributed by atoms with Gasteiger partial charge in [-0.1, -0.05) is 6.07 Å². The van der Waals surface area contributed by atoms with Crippen LogP contribution in [-0.2, 0) is 16.6 Å². The summed E-state index contributed by atoms with van der Waals surface area (Å²) < 4.78 is 6.60. The fourth-order valence-electron chi connectivity index (χ4n) is 2.67. The zero-order valence-corrected chi connectivity index (χ0v) is 15.2. The third-order valence-corrected chi connectivity index (χ3v) is 4.64. The van der Waals surface area contributed by atoms with Crippen LogP contribution in [0.1, 0.15) is 16.1 Å². The van der Waals surface area contributed by atoms with Crippen molar-refractivity contribution in [2.75, 3.05) is 19.8 Å². The van der Waals surface area contributed by atoms with E-state index in [4.69, 9.17) is 9.84 Å². The van der Waals surface area contributed by atoms with Crippen LogP contribution in [0.5, 0.6) is 0 Å². The normalized spacial score (nSPS) is 11.0. The fourth-order valence-corrected chi connectivity index (χ4v) is 3.35. The summed E-state index contributed by atoms with van der Waals surface area (Å²) >= 11 is 1.55. The number of carboxylic acids is 1. The van der Waals surface area contributed by atoms with Gasteiger partial charge < -0.3 is 15.2 Å². The van der Waals surface area contributed by atoms with Gasteiger partial charge in [-0.2, -0.15) is 5.10 Å². The summed E-state index contributed by atoms with van der Waals surface area (Å²) in [5.74, 6) is -1.32. The van der Waals surface area contributed by atoms with Crippen molar-refractivity contribution in [1.29, 1.82) is 0 Å². The van der Waals surface area contributed by atoms with Crippen molar-refractivity contribution < 1.29 is 19.4 Å². The van der Waals surface area contributed by atoms with Gasteiger partial charge in [-0.25, -0.2) is 9.78 Å². The Morgan fingerprint density at radius 2 is 2.23 bits per heavy atom. The molecule has 0 aliphatic heterocycles. The first-order chi connectivity index (χ1) is 12.5. The van der Waals surface area contributed by atoms with Gasteiger partial charge in [-0.15, -0.1) is 11.3 Å². The molecule has 3 heterocycles. The largest absolute Gasteiger partial charge is 0.480 e. The molecule has 0 aromatic carbocycles. The molecule has 8 nitrogen and oxygen atoms in total. The smallest absolute Gasteiger partial charge is 0.329 e. The molecular weight excluding hydrogens is 356 g/mol. The molecule has 3 rings (SSSR count). The van der Waals surface area contributed by atoms with E-state index >= 15 is 0 Å². The van der Waals surface area contributed by atoms with E-state index in [2.05, 4.69) is 15.4 Å². The molecule has 0 saturated carbocycles. The Kier molecular flexibility index (Phi) is 5.29. The molecule has 3 aromatic rings. The number of hydrogen-bond donors (Lipinski definition) is 2. The molecule has 2 N–H and O–H groups in total. The van der Waals surface area contributed by atoms with Crippen LogP contribution in [-0.4, -0.2) is 51.5 Å². The lowest BCUT2D eigenvalue weighted by Crippen LogP contribution is -2.28. The Bertz CT molecular complexity index is 949. The van der Waals surface area contributed by atoms with E-state index in [0.29, 0.717) is 22.3 Å². The Labute approximate surface area is 153 Å². The minimum absolute atomic E-state index is 0.121. The third-order valence-electron chi connectivity index (χ3n) is 3.74. The second-order valence-electron chi connectivity index (χ2n) is 5.64. The number of aliphatic carboxylic acids is 1. The summed E-state index contributed by atoms with van der Waals surface area (Å²) in [7, 11) is 1.79. The van der Waals surface area contributed by atoms with Crippen molar-refractivity contribution in [3.05, 3.63) is 34.8 Å². The number of hydrogen-bond acceptors (Lipinski definition) is 6. The lowest BCUT2D eigenvalue weighted by molar-refractivity contribution is -0.142. The molecule has 0 atom stereocenters. The monoisotopic (exact) mass is 374 g/mol. The minimum Gasteiger partial charge on any atom is -0.480 e. The first-order valence-electron chi connectivity index (χ1n) is 7.93. The number of aromatic nitrogens is 3. The molecule has 0 aliphatic carbocycles. The van der Waals surface area contributed by atoms with Gasteiger partial charge in [0.15, 0.2) is 5.65 Å². The molecule has 0 fully saturated rings. The molecule has 0 spiro atoms. The van der Waals surface area contributed by atoms with Crippen LogP contribution in [0.2, 0.25) is 0 Å². The topological polar surface area (TPSA) is 106 Å². The number of amides is 1. The van der Waals surface area contributed by atoms with Crippen LogP contribution in [0.4, 0.5) is 0 Å². The number of pyridine rings is 1. The Balaban J connectivity index is 1.88. The van der Waals surface area contributed by atoms with Gasteiger partial charge >= 0.3 is 5.97 Å². The van der Waals surface area contributed by atoms with Gasteiger partial charge in [0, 0.05) is 13.6 Å². The SMILES string of the molecule is Cc1nn(C)c2nc(-c3cccs3)cc(C(=O)NCCOCC(=O)O)c12. The lowest BCUT2D eigenvalue weighted by atomic mass is 10.1. The van der Waals surface area contributed by atoms with Gasteiger partial charge in [0.1, 0.15) is 6.61 Å². The first kappa shape index (κ1) is 18.0. The zero-order valence-electron chi connectivity index (χ0n) is 14.4. The molecule has 0 unspecified atom stereocenters. The van der Waals surface area contributed by atoms with E-state index in [1.807, 2.05) is 24.4 Å². The minimum atomic E-state index is -1.04. The number of fused-ring (bicyclic) bond motifs is 1. The average molecular weight is 374 g/mol. The van der Waals surface area contributed by atoms with Gasteiger partial charge in [-0.3, -0.25) is 9.48 Å². The number of nitrogens with zero attached hydrogens (tertiary/aromatic N) is 3. The number of thiophene rings is 1. The number of carbonyl (C=O) groups excluding carboxylic acids is 1. The van der Waals surface area contributed by atoms with Gasteiger partial charge in [0.2, 0.25) is 0 Å². The Hall–Kier alpha value is -2.78. The van der Waals surface area contributed by atoms with E-state index in [9.17, 15) is 9.59 Å². The molecule has 26 heavy (non-hydrogen) atoms. The molecular formula is C17H18N4O4S. The summed E-state index contributed by atoms with van der Waals surface area (Å²) in [6, 6.07) is 5.64. The van der Waals surface area contributed by atoms with Crippen LogP contribution in [0.3, 0.4) is 0 Å². The van der Waals surface area contributed by atoms with E-state index in [1.54, 1.807) is 29.1 Å². The van der Waals surface area contributed by atoms with E-state index in [-0.39, 0.29) is 25.7 Å². The molecule has 0 radical (unpaired) electrons. The number of ether oxygens (including phenoxy) is 1. The predicted octanol–water partition coefficient (Wildman–Crippen LogP) is 1.84. The van der Waals surface area contributed by atoms with Gasteiger partial charge in [-0.05, 0) is 24.4 Å². The molecule has 0 bridgehead atoms. The molecule has 136 valence electrons. The number of aryl methyl sites for hydroxylation is 2. The molecule has 0 saturated heterocycles. The highest BCUT2D eigenvalue weighted by molar-refractivity contribution is 7.13. The summed E-state index contributed by atoms with van der Waals surface area (Å²) in [5.41, 5.74) is 2.56. The summed E-state index contributed by atoms with van der Waals surface area (Å²) in [6.45, 7) is 1.78. The van der Waals surface area contributed by atoms with Crippen molar-refractivity contribution in [1.82, 2.24) is 20.1 Å². The summed E-state index contributed by atoms with van der Waals surface area (Å²) in [5, 5.41) is 18.3. The van der Waals surface area contributed by atoms with E-state index < -0.39 is 5.97 Å². The molecule has 3 aromatic heterocycles. The number of nitrogens with one attached hydrogen (secondary N) is 1. The van der Waals surface area contributed by atoms with Crippen molar-refractivity contribution in [3.8, 4) is 10.6 Å². The maximum atomic E-state index is 12.7. The van der Waals surface area contributed by atoms with Crippen molar-refractivity contribution in [2.24, 2.45) is 7.05 Å². The van der Waals surface area contributed by atoms with Crippen molar-refractivity contribution >= 4 is 34.2 Å². The average Bonchev–Trinajstić information content (AvgIpc) is 3.22. The maximum absolute atomic E-state index is 12.7. The highest BCUT2D eigenvalue weighted by Gasteiger charge is 2.19. The Morgan fingerprint density at radius 1 is 1.42 bits per heavy atom. The molecule has 1 amide bonds. The number of rotatable bonds is 7. The Morgan fingerprint density at radius 3 is 2.92 bits per heavy atom. The number of carboxylic acid groups (broad SMARTS) is 1. The second-order valence-corrected chi connectivity index (χ2v) is 6.59. The van der Waals surface area contributed by atoms with Crippen LogP contribution in [0, 0.1) is 6.92 Å². The highest BCUT2D eigenvalue weighted by atomic mass is 32.1. The van der Waals surface area contributed by atoms with Crippen LogP contribution in [0.25, 0.3) is 21.6 Å². The standard InChI is InChI=1S/C17H18N4O4S/c1-10-15-11(17(24)18-5-6-25-9-14(22)23)8-12(13-4-3-7-26-13)19-16(15)21(2)20-10/h3-4,7-8H,5-6,9H2,1-2H3,(H,18,24)(H,22,23). The quantitative estimate of drug-likeness (QED) is 0.611. The zero-order chi connectivity index (χ0) is 18.7. The summed E-state index contributed by atoms with van der Waals surface area (Å²) in [6.07, 6.45) is 0. The first-order valence-corrected chi connectivity index (χ1v) is 8.81. The van der Waals surface area contributed by atoms with E-state index in [1.165, 1.54) is 0 Å². The number of carbonyl (C=O) groups is 2. The second kappa shape index (κ2) is 7.63. The highest BCUT2D eigenvalue weighted by Crippen LogP contribution is 2.29. The summed E-state index contributed by atoms with van der Waals surface area (Å²) in [4.78, 5) is 28.7. The van der Waals surface area contributed by atoms with Crippen LogP contribution in [0.15, 0.2) is 23.6 Å². The van der Waals surface area contributed by atoms with Gasteiger partial charge in [0.05, 0.1) is 33.8 Å². The van der Waals surface area contributed by atoms with Crippen molar-refractivity contribution in [3.63, 3.8) is 0 Å². The van der Waals surface area contributed by atoms with Crippen LogP contribution >= 0.6 is 11.3 Å². The van der Waals surface area contributed by atoms with E-state index in [0.717, 1.165) is 10.6 Å². The predicted molar refractivity (Wildman–Crippen MR) is 97.3 cm³/mol. The third kappa shape index (κ3) is 3.73. The van der Waals surface area contributed by atoms with Gasteiger partial charge in [0.25, 0.3) is 5.91 Å². The van der Waals surface area contributed by atoms with Crippen molar-refractivity contribution in [2.45, 2.75) is 6.92 Å². The maximum Gasteiger partial charge on any atom is 0.329 e. The lowest BCUT2D eigenvalue weighted by Gasteiger charge is -2.09. The fraction of sp³-hybridized carbons (Fsp3) is 0.294.